The minimum Gasteiger partial charge on any atom is -0.481 e. The molecule has 0 heterocycles. The van der Waals surface area contributed by atoms with Crippen molar-refractivity contribution < 1.29 is 19.5 Å². The third kappa shape index (κ3) is 4.15. The summed E-state index contributed by atoms with van der Waals surface area (Å²) in [7, 11) is 0. The number of hydrogen-bond donors (Lipinski definition) is 2. The van der Waals surface area contributed by atoms with Crippen LogP contribution in [0.1, 0.15) is 44.5 Å². The van der Waals surface area contributed by atoms with Gasteiger partial charge in [-0.3, -0.25) is 14.4 Å². The molecule has 0 aliphatic carbocycles. The Morgan fingerprint density at radius 3 is 2.10 bits per heavy atom. The van der Waals surface area contributed by atoms with Crippen molar-refractivity contribution in [3.05, 3.63) is 29.8 Å². The normalized spacial score (nSPS) is 13.6. The van der Waals surface area contributed by atoms with E-state index >= 15 is 0 Å². The van der Waals surface area contributed by atoms with E-state index in [9.17, 15) is 19.5 Å². The smallest absolute Gasteiger partial charge is 0.310 e. The van der Waals surface area contributed by atoms with Gasteiger partial charge >= 0.3 is 5.97 Å². The van der Waals surface area contributed by atoms with Gasteiger partial charge in [-0.25, -0.2) is 0 Å². The molecule has 0 aliphatic rings. The molecule has 1 atom stereocenters. The number of amides is 1. The van der Waals surface area contributed by atoms with Crippen molar-refractivity contribution >= 4 is 23.3 Å². The highest BCUT2D eigenvalue weighted by Crippen LogP contribution is 2.31. The zero-order chi connectivity index (χ0) is 16.2. The Balaban J connectivity index is 2.77. The van der Waals surface area contributed by atoms with Gasteiger partial charge in [0.15, 0.2) is 5.78 Å². The van der Waals surface area contributed by atoms with Crippen molar-refractivity contribution in [2.45, 2.75) is 34.1 Å². The number of hydrogen-bond acceptors (Lipinski definition) is 3. The zero-order valence-corrected chi connectivity index (χ0v) is 12.8. The number of aliphatic carboxylic acids is 1. The number of nitrogens with one attached hydrogen (secondary N) is 1. The first-order valence-corrected chi connectivity index (χ1v) is 6.81. The molecule has 1 amide bonds. The summed E-state index contributed by atoms with van der Waals surface area (Å²) in [6.07, 6.45) is -0.103. The molecule has 0 fully saturated rings. The van der Waals surface area contributed by atoms with Gasteiger partial charge in [-0.15, -0.1) is 0 Å². The molecule has 114 valence electrons. The van der Waals surface area contributed by atoms with Gasteiger partial charge in [0, 0.05) is 17.7 Å². The molecule has 21 heavy (non-hydrogen) atoms. The van der Waals surface area contributed by atoms with Crippen LogP contribution >= 0.6 is 0 Å². The van der Waals surface area contributed by atoms with Crippen LogP contribution in [-0.4, -0.2) is 22.8 Å². The number of anilines is 1. The Morgan fingerprint density at radius 2 is 1.71 bits per heavy atom. The third-order valence-electron chi connectivity index (χ3n) is 3.87. The SMILES string of the molecule is CC(=O)c1ccc(NC(=O)CC(C)(C(=O)O)C(C)C)cc1. The van der Waals surface area contributed by atoms with Gasteiger partial charge in [-0.05, 0) is 44.0 Å². The van der Waals surface area contributed by atoms with E-state index in [0.29, 0.717) is 11.3 Å². The van der Waals surface area contributed by atoms with E-state index in [1.54, 1.807) is 45.0 Å². The summed E-state index contributed by atoms with van der Waals surface area (Å²) in [5.41, 5.74) is -0.00398. The highest BCUT2D eigenvalue weighted by atomic mass is 16.4. The van der Waals surface area contributed by atoms with Crippen molar-refractivity contribution in [2.75, 3.05) is 5.32 Å². The van der Waals surface area contributed by atoms with E-state index in [0.717, 1.165) is 0 Å². The van der Waals surface area contributed by atoms with Crippen LogP contribution in [0, 0.1) is 11.3 Å². The fourth-order valence-electron chi connectivity index (χ4n) is 1.85. The highest BCUT2D eigenvalue weighted by Gasteiger charge is 2.38. The second-order valence-corrected chi connectivity index (χ2v) is 5.74. The molecule has 0 saturated heterocycles. The Labute approximate surface area is 124 Å². The topological polar surface area (TPSA) is 83.5 Å². The molecular formula is C16H21NO4. The molecule has 5 heteroatoms. The van der Waals surface area contributed by atoms with Crippen molar-refractivity contribution in [3.8, 4) is 0 Å². The molecule has 0 aliphatic heterocycles. The molecule has 1 rings (SSSR count). The predicted octanol–water partition coefficient (Wildman–Crippen LogP) is 2.96. The van der Waals surface area contributed by atoms with Crippen molar-refractivity contribution in [3.63, 3.8) is 0 Å². The number of carbonyl (C=O) groups excluding carboxylic acids is 2. The van der Waals surface area contributed by atoms with Crippen LogP contribution in [0.2, 0.25) is 0 Å². The molecule has 0 spiro atoms. The van der Waals surface area contributed by atoms with E-state index in [-0.39, 0.29) is 24.0 Å². The number of carboxylic acid groups (broad SMARTS) is 1. The van der Waals surface area contributed by atoms with Crippen LogP contribution in [0.3, 0.4) is 0 Å². The first-order valence-electron chi connectivity index (χ1n) is 6.81. The second-order valence-electron chi connectivity index (χ2n) is 5.74. The Bertz CT molecular complexity index is 548. The van der Waals surface area contributed by atoms with Crippen LogP contribution in [0.4, 0.5) is 5.69 Å². The quantitative estimate of drug-likeness (QED) is 0.789. The number of rotatable bonds is 6. The summed E-state index contributed by atoms with van der Waals surface area (Å²) in [6, 6.07) is 6.50. The minimum absolute atomic E-state index is 0.0499. The molecule has 0 radical (unpaired) electrons. The number of benzene rings is 1. The maximum Gasteiger partial charge on any atom is 0.310 e. The monoisotopic (exact) mass is 291 g/mol. The Hall–Kier alpha value is -2.17. The van der Waals surface area contributed by atoms with Gasteiger partial charge < -0.3 is 10.4 Å². The standard InChI is InChI=1S/C16H21NO4/c1-10(2)16(4,15(20)21)9-14(19)17-13-7-5-12(6-8-13)11(3)18/h5-8,10H,9H2,1-4H3,(H,17,19)(H,20,21). The first kappa shape index (κ1) is 16.9. The average molecular weight is 291 g/mol. The maximum absolute atomic E-state index is 12.0. The molecule has 1 aromatic carbocycles. The number of Topliss-reactive ketones (excluding diaryl/α,β-unsaturated/α-hetero) is 1. The lowest BCUT2D eigenvalue weighted by Crippen LogP contribution is -2.37. The lowest BCUT2D eigenvalue weighted by molar-refractivity contribution is -0.153. The van der Waals surface area contributed by atoms with Crippen LogP contribution in [0.15, 0.2) is 24.3 Å². The fourth-order valence-corrected chi connectivity index (χ4v) is 1.85. The second kappa shape index (κ2) is 6.52. The molecule has 1 aromatic rings. The summed E-state index contributed by atoms with van der Waals surface area (Å²) >= 11 is 0. The van der Waals surface area contributed by atoms with Crippen LogP contribution in [0.25, 0.3) is 0 Å². The molecule has 0 aromatic heterocycles. The van der Waals surface area contributed by atoms with E-state index in [1.165, 1.54) is 6.92 Å². The van der Waals surface area contributed by atoms with E-state index in [4.69, 9.17) is 0 Å². The summed E-state index contributed by atoms with van der Waals surface area (Å²) in [4.78, 5) is 34.5. The summed E-state index contributed by atoms with van der Waals surface area (Å²) in [6.45, 7) is 6.60. The zero-order valence-electron chi connectivity index (χ0n) is 12.8. The molecule has 5 nitrogen and oxygen atoms in total. The Morgan fingerprint density at radius 1 is 1.19 bits per heavy atom. The maximum atomic E-state index is 12.0. The number of carboxylic acids is 1. The third-order valence-corrected chi connectivity index (χ3v) is 3.87. The van der Waals surface area contributed by atoms with Gasteiger partial charge in [0.25, 0.3) is 0 Å². The lowest BCUT2D eigenvalue weighted by Gasteiger charge is -2.28. The molecule has 1 unspecified atom stereocenters. The molecular weight excluding hydrogens is 270 g/mol. The van der Waals surface area contributed by atoms with Gasteiger partial charge in [0.2, 0.25) is 5.91 Å². The minimum atomic E-state index is -1.11. The van der Waals surface area contributed by atoms with Crippen molar-refractivity contribution in [1.29, 1.82) is 0 Å². The summed E-state index contributed by atoms with van der Waals surface area (Å²) in [5, 5.41) is 12.0. The van der Waals surface area contributed by atoms with E-state index < -0.39 is 11.4 Å². The van der Waals surface area contributed by atoms with Gasteiger partial charge in [0.1, 0.15) is 0 Å². The molecule has 2 N–H and O–H groups in total. The van der Waals surface area contributed by atoms with Gasteiger partial charge in [-0.1, -0.05) is 13.8 Å². The number of ketones is 1. The summed E-state index contributed by atoms with van der Waals surface area (Å²) in [5.74, 6) is -1.56. The fraction of sp³-hybridized carbons (Fsp3) is 0.438. The largest absolute Gasteiger partial charge is 0.481 e. The Kier molecular flexibility index (Phi) is 5.24. The van der Waals surface area contributed by atoms with Crippen LogP contribution in [0.5, 0.6) is 0 Å². The van der Waals surface area contributed by atoms with Crippen LogP contribution in [-0.2, 0) is 9.59 Å². The van der Waals surface area contributed by atoms with Gasteiger partial charge in [0.05, 0.1) is 5.41 Å². The van der Waals surface area contributed by atoms with Gasteiger partial charge in [-0.2, -0.15) is 0 Å². The number of carbonyl (C=O) groups is 3. The lowest BCUT2D eigenvalue weighted by atomic mass is 9.76. The first-order chi connectivity index (χ1) is 9.66. The predicted molar refractivity (Wildman–Crippen MR) is 80.3 cm³/mol. The average Bonchev–Trinajstić information content (AvgIpc) is 2.38. The van der Waals surface area contributed by atoms with E-state index in [1.807, 2.05) is 0 Å². The van der Waals surface area contributed by atoms with Crippen LogP contribution < -0.4 is 5.32 Å². The van der Waals surface area contributed by atoms with Crippen molar-refractivity contribution in [2.24, 2.45) is 11.3 Å². The highest BCUT2D eigenvalue weighted by molar-refractivity contribution is 5.96. The van der Waals surface area contributed by atoms with E-state index in [2.05, 4.69) is 5.32 Å². The van der Waals surface area contributed by atoms with Crippen molar-refractivity contribution in [1.82, 2.24) is 0 Å². The molecule has 0 bridgehead atoms. The molecule has 0 saturated carbocycles. The summed E-state index contributed by atoms with van der Waals surface area (Å²) < 4.78 is 0.